The van der Waals surface area contributed by atoms with Gasteiger partial charge in [0, 0.05) is 16.3 Å². The lowest BCUT2D eigenvalue weighted by atomic mass is 9.83. The molecule has 0 spiro atoms. The molecular formula is C51H38OSi. The average molecular weight is 695 g/mol. The molecule has 10 rings (SSSR count). The maximum atomic E-state index is 6.56. The molecule has 53 heavy (non-hydrogen) atoms. The van der Waals surface area contributed by atoms with Crippen LogP contribution >= 0.6 is 0 Å². The molecule has 0 atom stereocenters. The zero-order chi connectivity index (χ0) is 35.7. The Morgan fingerprint density at radius 3 is 1.68 bits per heavy atom. The quantitative estimate of drug-likeness (QED) is 0.129. The van der Waals surface area contributed by atoms with E-state index in [4.69, 9.17) is 4.42 Å². The Morgan fingerprint density at radius 1 is 0.358 bits per heavy atom. The normalized spacial score (nSPS) is 12.1. The van der Waals surface area contributed by atoms with Crippen molar-refractivity contribution in [3.05, 3.63) is 176 Å². The fraction of sp³-hybridized carbons (Fsp3) is 0.0588. The van der Waals surface area contributed by atoms with Crippen molar-refractivity contribution >= 4 is 67.5 Å². The first kappa shape index (κ1) is 31.5. The second kappa shape index (κ2) is 12.2. The van der Waals surface area contributed by atoms with Crippen LogP contribution in [0.4, 0.5) is 0 Å². The first-order chi connectivity index (χ1) is 25.9. The van der Waals surface area contributed by atoms with Crippen molar-refractivity contribution in [3.63, 3.8) is 0 Å². The van der Waals surface area contributed by atoms with Crippen molar-refractivity contribution in [2.45, 2.75) is 19.6 Å². The number of hydrogen-bond donors (Lipinski definition) is 0. The van der Waals surface area contributed by atoms with Crippen LogP contribution in [0.2, 0.25) is 19.6 Å². The second-order valence-corrected chi connectivity index (χ2v) is 20.4. The van der Waals surface area contributed by atoms with Gasteiger partial charge in [-0.1, -0.05) is 176 Å². The van der Waals surface area contributed by atoms with Gasteiger partial charge in [0.25, 0.3) is 0 Å². The number of rotatable bonds is 5. The van der Waals surface area contributed by atoms with E-state index in [-0.39, 0.29) is 0 Å². The third-order valence-corrected chi connectivity index (χ3v) is 13.1. The Balaban J connectivity index is 1.29. The Hall–Kier alpha value is -6.22. The average Bonchev–Trinajstić information content (AvgIpc) is 3.58. The van der Waals surface area contributed by atoms with Crippen molar-refractivity contribution in [1.82, 2.24) is 0 Å². The highest BCUT2D eigenvalue weighted by molar-refractivity contribution is 6.88. The minimum Gasteiger partial charge on any atom is -0.455 e. The molecule has 2 heteroatoms. The summed E-state index contributed by atoms with van der Waals surface area (Å²) in [7, 11) is -1.49. The van der Waals surface area contributed by atoms with Crippen molar-refractivity contribution in [3.8, 4) is 44.5 Å². The van der Waals surface area contributed by atoms with Gasteiger partial charge in [-0.15, -0.1) is 0 Å². The van der Waals surface area contributed by atoms with Gasteiger partial charge in [0.05, 0.1) is 8.07 Å². The second-order valence-electron chi connectivity index (χ2n) is 15.3. The van der Waals surface area contributed by atoms with E-state index in [1.807, 2.05) is 6.07 Å². The van der Waals surface area contributed by atoms with Gasteiger partial charge in [0.1, 0.15) is 11.2 Å². The molecule has 0 saturated carbocycles. The highest BCUT2D eigenvalue weighted by Gasteiger charge is 2.21. The van der Waals surface area contributed by atoms with Crippen LogP contribution in [0.15, 0.2) is 180 Å². The van der Waals surface area contributed by atoms with Crippen LogP contribution in [0.5, 0.6) is 0 Å². The van der Waals surface area contributed by atoms with E-state index >= 15 is 0 Å². The Labute approximate surface area is 310 Å². The SMILES string of the molecule is C[Si](C)(C)c1ccc(-c2c3ccc(-c4ccc5ccccc5c4)cc3c(-c3ccccc3)c3ccc(-c4cccc5c4oc4ccccc45)cc23)cc1. The van der Waals surface area contributed by atoms with Crippen molar-refractivity contribution in [2.24, 2.45) is 0 Å². The first-order valence-corrected chi connectivity index (χ1v) is 22.0. The maximum absolute atomic E-state index is 6.56. The molecule has 0 amide bonds. The minimum atomic E-state index is -1.49. The van der Waals surface area contributed by atoms with Gasteiger partial charge in [-0.25, -0.2) is 0 Å². The van der Waals surface area contributed by atoms with Crippen LogP contribution in [0.1, 0.15) is 0 Å². The lowest BCUT2D eigenvalue weighted by Gasteiger charge is -2.21. The zero-order valence-corrected chi connectivity index (χ0v) is 31.2. The van der Waals surface area contributed by atoms with Crippen LogP contribution < -0.4 is 5.19 Å². The van der Waals surface area contributed by atoms with Crippen LogP contribution in [-0.4, -0.2) is 8.07 Å². The van der Waals surface area contributed by atoms with Gasteiger partial charge in [0.15, 0.2) is 0 Å². The van der Waals surface area contributed by atoms with Gasteiger partial charge in [-0.2, -0.15) is 0 Å². The van der Waals surface area contributed by atoms with E-state index in [0.717, 1.165) is 33.1 Å². The van der Waals surface area contributed by atoms with E-state index in [9.17, 15) is 0 Å². The summed E-state index contributed by atoms with van der Waals surface area (Å²) in [4.78, 5) is 0. The van der Waals surface area contributed by atoms with E-state index < -0.39 is 8.07 Å². The molecule has 1 heterocycles. The number of fused-ring (bicyclic) bond motifs is 6. The fourth-order valence-corrected chi connectivity index (χ4v) is 9.45. The maximum Gasteiger partial charge on any atom is 0.143 e. The van der Waals surface area contributed by atoms with Crippen LogP contribution in [0, 0.1) is 0 Å². The van der Waals surface area contributed by atoms with Gasteiger partial charge < -0.3 is 4.42 Å². The molecule has 1 aromatic heterocycles. The largest absolute Gasteiger partial charge is 0.455 e. The Morgan fingerprint density at radius 2 is 0.925 bits per heavy atom. The van der Waals surface area contributed by atoms with Gasteiger partial charge in [-0.3, -0.25) is 0 Å². The predicted octanol–water partition coefficient (Wildman–Crippen LogP) is 14.3. The molecule has 0 saturated heterocycles. The topological polar surface area (TPSA) is 13.1 Å². The number of furan rings is 1. The van der Waals surface area contributed by atoms with Gasteiger partial charge in [0.2, 0.25) is 0 Å². The molecule has 1 nitrogen and oxygen atoms in total. The standard InChI is InChI=1S/C51H38OSi/c1-53(2,3)40-26-22-35(23-27-40)50-43-28-24-38(37-21-20-33-12-7-8-15-36(33)30-37)31-46(43)49(34-13-5-4-6-14-34)44-29-25-39(32-47(44)50)41-17-11-18-45-42-16-9-10-19-48(42)52-51(41)45/h4-32H,1-3H3. The van der Waals surface area contributed by atoms with Crippen molar-refractivity contribution in [2.75, 3.05) is 0 Å². The summed E-state index contributed by atoms with van der Waals surface area (Å²) < 4.78 is 6.56. The molecule has 0 bridgehead atoms. The first-order valence-electron chi connectivity index (χ1n) is 18.5. The smallest absolute Gasteiger partial charge is 0.143 e. The summed E-state index contributed by atoms with van der Waals surface area (Å²) in [6.07, 6.45) is 0. The number of para-hydroxylation sites is 2. The van der Waals surface area contributed by atoms with Crippen LogP contribution in [0.25, 0.3) is 98.8 Å². The fourth-order valence-electron chi connectivity index (χ4n) is 8.28. The summed E-state index contributed by atoms with van der Waals surface area (Å²) >= 11 is 0. The third kappa shape index (κ3) is 5.29. The van der Waals surface area contributed by atoms with Crippen LogP contribution in [0.3, 0.4) is 0 Å². The number of hydrogen-bond acceptors (Lipinski definition) is 1. The molecule has 10 aromatic rings. The highest BCUT2D eigenvalue weighted by Crippen LogP contribution is 2.47. The van der Waals surface area contributed by atoms with E-state index in [2.05, 4.69) is 189 Å². The van der Waals surface area contributed by atoms with E-state index in [0.29, 0.717) is 0 Å². The molecule has 0 unspecified atom stereocenters. The molecule has 0 aliphatic carbocycles. The minimum absolute atomic E-state index is 0.915. The van der Waals surface area contributed by atoms with Gasteiger partial charge in [-0.05, 0) is 95.5 Å². The molecule has 0 radical (unpaired) electrons. The molecule has 0 aliphatic rings. The zero-order valence-electron chi connectivity index (χ0n) is 30.2. The van der Waals surface area contributed by atoms with Crippen molar-refractivity contribution < 1.29 is 4.42 Å². The lowest BCUT2D eigenvalue weighted by molar-refractivity contribution is 0.670. The monoisotopic (exact) mass is 694 g/mol. The summed E-state index contributed by atoms with van der Waals surface area (Å²) in [5.41, 5.74) is 11.5. The highest BCUT2D eigenvalue weighted by atomic mass is 28.3. The summed E-state index contributed by atoms with van der Waals surface area (Å²) in [5.74, 6) is 0. The summed E-state index contributed by atoms with van der Waals surface area (Å²) in [6, 6.07) is 64.8. The van der Waals surface area contributed by atoms with Crippen molar-refractivity contribution in [1.29, 1.82) is 0 Å². The van der Waals surface area contributed by atoms with Crippen LogP contribution in [-0.2, 0) is 0 Å². The molecule has 9 aromatic carbocycles. The summed E-state index contributed by atoms with van der Waals surface area (Å²) in [5, 5.41) is 11.2. The van der Waals surface area contributed by atoms with E-state index in [1.165, 1.54) is 70.9 Å². The Bertz CT molecular complexity index is 3020. The molecule has 0 aliphatic heterocycles. The predicted molar refractivity (Wildman–Crippen MR) is 231 cm³/mol. The van der Waals surface area contributed by atoms with E-state index in [1.54, 1.807) is 0 Å². The number of benzene rings is 9. The molecule has 0 fully saturated rings. The summed E-state index contributed by atoms with van der Waals surface area (Å²) in [6.45, 7) is 7.25. The molecule has 252 valence electrons. The van der Waals surface area contributed by atoms with Gasteiger partial charge >= 0.3 is 0 Å². The Kier molecular flexibility index (Phi) is 7.25. The molecular weight excluding hydrogens is 657 g/mol. The lowest BCUT2D eigenvalue weighted by Crippen LogP contribution is -2.37. The molecule has 0 N–H and O–H groups in total. The third-order valence-electron chi connectivity index (χ3n) is 11.0.